The molecule has 1 saturated carbocycles. The summed E-state index contributed by atoms with van der Waals surface area (Å²) in [7, 11) is 0. The van der Waals surface area contributed by atoms with Gasteiger partial charge in [-0.1, -0.05) is 24.1 Å². The number of nitrogens with one attached hydrogen (secondary N) is 1. The second-order valence-electron chi connectivity index (χ2n) is 8.45. The molecule has 2 aliphatic heterocycles. The highest BCUT2D eigenvalue weighted by Crippen LogP contribution is 2.35. The molecule has 0 spiro atoms. The largest absolute Gasteiger partial charge is 0.356 e. The van der Waals surface area contributed by atoms with E-state index in [1.165, 1.54) is 69.2 Å². The summed E-state index contributed by atoms with van der Waals surface area (Å²) >= 11 is 6.82. The maximum Gasteiger partial charge on any atom is 0.137 e. The third kappa shape index (κ3) is 3.48. The van der Waals surface area contributed by atoms with E-state index >= 15 is 0 Å². The summed E-state index contributed by atoms with van der Waals surface area (Å²) in [6.07, 6.45) is 17.7. The molecule has 1 aliphatic carbocycles. The van der Waals surface area contributed by atoms with Gasteiger partial charge in [-0.15, -0.1) is 0 Å². The van der Waals surface area contributed by atoms with Crippen LogP contribution < -0.4 is 0 Å². The van der Waals surface area contributed by atoms with E-state index in [2.05, 4.69) is 38.0 Å². The van der Waals surface area contributed by atoms with Gasteiger partial charge in [0, 0.05) is 42.0 Å². The Bertz CT molecular complexity index is 893. The Kier molecular flexibility index (Phi) is 5.17. The number of aromatic nitrogens is 2. The van der Waals surface area contributed by atoms with Gasteiger partial charge in [0.05, 0.1) is 0 Å². The van der Waals surface area contributed by atoms with Crippen LogP contribution in [0.25, 0.3) is 16.6 Å². The zero-order valence-corrected chi connectivity index (χ0v) is 17.2. The van der Waals surface area contributed by atoms with Crippen LogP contribution in [0, 0.1) is 0 Å². The second kappa shape index (κ2) is 7.92. The molecule has 2 aromatic rings. The third-order valence-corrected chi connectivity index (χ3v) is 7.11. The molecule has 4 heterocycles. The lowest BCUT2D eigenvalue weighted by molar-refractivity contribution is 0.0923. The van der Waals surface area contributed by atoms with Gasteiger partial charge in [0.25, 0.3) is 0 Å². The quantitative estimate of drug-likeness (QED) is 0.729. The summed E-state index contributed by atoms with van der Waals surface area (Å²) < 4.78 is 0. The van der Waals surface area contributed by atoms with Gasteiger partial charge >= 0.3 is 0 Å². The minimum Gasteiger partial charge on any atom is -0.356 e. The van der Waals surface area contributed by atoms with Crippen molar-refractivity contribution in [3.63, 3.8) is 0 Å². The Labute approximate surface area is 172 Å². The van der Waals surface area contributed by atoms with Gasteiger partial charge in [-0.3, -0.25) is 0 Å². The van der Waals surface area contributed by atoms with E-state index < -0.39 is 0 Å². The van der Waals surface area contributed by atoms with E-state index in [1.54, 1.807) is 0 Å². The highest BCUT2D eigenvalue weighted by molar-refractivity contribution is 6.30. The summed E-state index contributed by atoms with van der Waals surface area (Å²) in [5.41, 5.74) is 3.32. The Morgan fingerprint density at radius 1 is 1.07 bits per heavy atom. The van der Waals surface area contributed by atoms with E-state index in [9.17, 15) is 0 Å². The van der Waals surface area contributed by atoms with Crippen molar-refractivity contribution in [3.05, 3.63) is 47.4 Å². The van der Waals surface area contributed by atoms with Gasteiger partial charge in [-0.2, -0.15) is 0 Å². The van der Waals surface area contributed by atoms with Crippen LogP contribution in [0.15, 0.2) is 41.8 Å². The summed E-state index contributed by atoms with van der Waals surface area (Å²) in [5, 5.41) is 2.05. The predicted octanol–water partition coefficient (Wildman–Crippen LogP) is 5.14. The minimum atomic E-state index is 0.562. The van der Waals surface area contributed by atoms with Crippen molar-refractivity contribution in [1.82, 2.24) is 19.8 Å². The molecule has 148 valence electrons. The van der Waals surface area contributed by atoms with Gasteiger partial charge in [0.15, 0.2) is 0 Å². The molecule has 0 radical (unpaired) electrons. The van der Waals surface area contributed by atoms with E-state index in [0.717, 1.165) is 28.8 Å². The topological polar surface area (TPSA) is 35.2 Å². The zero-order valence-electron chi connectivity index (χ0n) is 16.4. The van der Waals surface area contributed by atoms with Crippen LogP contribution in [0.5, 0.6) is 0 Å². The highest BCUT2D eigenvalue weighted by Gasteiger charge is 2.32. The predicted molar refractivity (Wildman–Crippen MR) is 116 cm³/mol. The average Bonchev–Trinajstić information content (AvgIpc) is 3.19. The first-order valence-corrected chi connectivity index (χ1v) is 11.2. The lowest BCUT2D eigenvalue weighted by Crippen LogP contribution is -2.47. The molecule has 4 nitrogen and oxygen atoms in total. The monoisotopic (exact) mass is 396 g/mol. The number of fused-ring (bicyclic) bond motifs is 1. The van der Waals surface area contributed by atoms with E-state index in [1.807, 2.05) is 18.5 Å². The molecule has 0 bridgehead atoms. The molecular formula is C23H29ClN4. The molecule has 3 aliphatic rings. The Hall–Kier alpha value is -1.78. The average molecular weight is 397 g/mol. The Balaban J connectivity index is 1.31. The minimum absolute atomic E-state index is 0.562. The number of likely N-dealkylation sites (tertiary alicyclic amines) is 1. The fourth-order valence-corrected chi connectivity index (χ4v) is 5.62. The van der Waals surface area contributed by atoms with Crippen molar-refractivity contribution in [2.24, 2.45) is 0 Å². The number of halogens is 1. The van der Waals surface area contributed by atoms with Crippen LogP contribution in [0.4, 0.5) is 0 Å². The Morgan fingerprint density at radius 2 is 1.93 bits per heavy atom. The van der Waals surface area contributed by atoms with Gasteiger partial charge < -0.3 is 14.8 Å². The van der Waals surface area contributed by atoms with Gasteiger partial charge in [-0.25, -0.2) is 4.98 Å². The number of hydrogen-bond donors (Lipinski definition) is 1. The summed E-state index contributed by atoms with van der Waals surface area (Å²) in [4.78, 5) is 12.9. The number of pyridine rings is 1. The molecule has 2 aromatic heterocycles. The SMILES string of the molecule is ClC1=CC(c2c[nH]c3ncccc23)=CCN1C1CCCC(N2CCCCC2)C1. The first kappa shape index (κ1) is 18.3. The van der Waals surface area contributed by atoms with E-state index in [4.69, 9.17) is 11.6 Å². The molecule has 5 rings (SSSR count). The number of piperidine rings is 1. The number of nitrogens with zero attached hydrogens (tertiary/aromatic N) is 3. The number of aromatic amines is 1. The fourth-order valence-electron chi connectivity index (χ4n) is 5.30. The molecule has 2 fully saturated rings. The van der Waals surface area contributed by atoms with Crippen molar-refractivity contribution in [2.75, 3.05) is 19.6 Å². The van der Waals surface area contributed by atoms with Gasteiger partial charge in [0.2, 0.25) is 0 Å². The molecule has 0 aromatic carbocycles. The van der Waals surface area contributed by atoms with Crippen molar-refractivity contribution in [3.8, 4) is 0 Å². The highest BCUT2D eigenvalue weighted by atomic mass is 35.5. The smallest absolute Gasteiger partial charge is 0.137 e. The van der Waals surface area contributed by atoms with E-state index in [0.29, 0.717) is 6.04 Å². The van der Waals surface area contributed by atoms with Crippen molar-refractivity contribution in [2.45, 2.75) is 57.0 Å². The summed E-state index contributed by atoms with van der Waals surface area (Å²) in [6.45, 7) is 3.48. The van der Waals surface area contributed by atoms with Gasteiger partial charge in [0.1, 0.15) is 10.8 Å². The van der Waals surface area contributed by atoms with E-state index in [-0.39, 0.29) is 0 Å². The van der Waals surface area contributed by atoms with Gasteiger partial charge in [-0.05, 0) is 75.4 Å². The number of H-pyrrole nitrogens is 1. The molecule has 1 N–H and O–H groups in total. The van der Waals surface area contributed by atoms with Crippen LogP contribution in [-0.4, -0.2) is 51.5 Å². The lowest BCUT2D eigenvalue weighted by Gasteiger charge is -2.44. The van der Waals surface area contributed by atoms with Crippen LogP contribution in [-0.2, 0) is 0 Å². The molecular weight excluding hydrogens is 368 g/mol. The fraction of sp³-hybridized carbons (Fsp3) is 0.522. The molecule has 2 atom stereocenters. The van der Waals surface area contributed by atoms with Crippen LogP contribution in [0.2, 0.25) is 0 Å². The standard InChI is InChI=1S/C23H29ClN4/c24-22-14-17(21-16-26-23-20(21)8-5-10-25-23)9-13-28(22)19-7-4-6-18(15-19)27-11-2-1-3-12-27/h5,8-10,14,16,18-19H,1-4,6-7,11-13,15H2,(H,25,26). The second-order valence-corrected chi connectivity index (χ2v) is 8.84. The molecule has 28 heavy (non-hydrogen) atoms. The van der Waals surface area contributed by atoms with Crippen LogP contribution in [0.3, 0.4) is 0 Å². The maximum atomic E-state index is 6.82. The van der Waals surface area contributed by atoms with Crippen LogP contribution >= 0.6 is 11.6 Å². The molecule has 2 unspecified atom stereocenters. The Morgan fingerprint density at radius 3 is 2.79 bits per heavy atom. The number of hydrogen-bond acceptors (Lipinski definition) is 3. The third-order valence-electron chi connectivity index (χ3n) is 6.79. The lowest BCUT2D eigenvalue weighted by atomic mass is 9.87. The normalized spacial score (nSPS) is 27.0. The van der Waals surface area contributed by atoms with Crippen molar-refractivity contribution < 1.29 is 0 Å². The van der Waals surface area contributed by atoms with Crippen molar-refractivity contribution >= 4 is 28.2 Å². The first-order valence-electron chi connectivity index (χ1n) is 10.8. The zero-order chi connectivity index (χ0) is 18.9. The summed E-state index contributed by atoms with van der Waals surface area (Å²) in [5.74, 6) is 0. The summed E-state index contributed by atoms with van der Waals surface area (Å²) in [6, 6.07) is 5.41. The maximum absolute atomic E-state index is 6.82. The number of allylic oxidation sites excluding steroid dienone is 2. The van der Waals surface area contributed by atoms with Crippen molar-refractivity contribution in [1.29, 1.82) is 0 Å². The molecule has 1 saturated heterocycles. The molecule has 0 amide bonds. The van der Waals surface area contributed by atoms with Crippen LogP contribution in [0.1, 0.15) is 50.5 Å². The number of rotatable bonds is 3. The first-order chi connectivity index (χ1) is 13.8. The molecule has 5 heteroatoms.